The Balaban J connectivity index is 3.25. The molecule has 0 saturated carbocycles. The Bertz CT molecular complexity index is 81.4. The van der Waals surface area contributed by atoms with Crippen LogP contribution in [0.3, 0.4) is 0 Å². The fourth-order valence-electron chi connectivity index (χ4n) is 0.240. The highest BCUT2D eigenvalue weighted by molar-refractivity contribution is 7.44. The maximum atomic E-state index is 10.2. The lowest BCUT2D eigenvalue weighted by Gasteiger charge is -1.88. The Morgan fingerprint density at radius 3 is 2.12 bits per heavy atom. The molecular formula is C3H8O4P+. The van der Waals surface area contributed by atoms with Crippen molar-refractivity contribution in [3.8, 4) is 0 Å². The van der Waals surface area contributed by atoms with Crippen molar-refractivity contribution in [2.75, 3.05) is 12.5 Å². The molecule has 1 atom stereocenters. The average Bonchev–Trinajstić information content (AvgIpc) is 1.65. The fourth-order valence-corrected chi connectivity index (χ4v) is 0.720. The van der Waals surface area contributed by atoms with E-state index in [1.165, 1.54) is 0 Å². The van der Waals surface area contributed by atoms with Crippen LogP contribution in [0.1, 0.15) is 0 Å². The van der Waals surface area contributed by atoms with Gasteiger partial charge in [-0.25, -0.2) is 0 Å². The van der Waals surface area contributed by atoms with Crippen molar-refractivity contribution in [3.63, 3.8) is 0 Å². The normalized spacial score (nSPS) is 12.2. The number of aliphatic hydroxyl groups excluding tert-OH is 2. The third-order valence-electron chi connectivity index (χ3n) is 0.525. The molecule has 1 unspecified atom stereocenters. The van der Waals surface area contributed by atoms with E-state index in [2.05, 4.69) is 0 Å². The summed E-state index contributed by atoms with van der Waals surface area (Å²) in [6.07, 6.45) is -2.29. The van der Waals surface area contributed by atoms with Crippen molar-refractivity contribution in [1.82, 2.24) is 0 Å². The molecule has 0 fully saturated rings. The molecule has 8 heavy (non-hydrogen) atoms. The van der Waals surface area contributed by atoms with E-state index in [4.69, 9.17) is 15.3 Å². The summed E-state index contributed by atoms with van der Waals surface area (Å²) in [7, 11) is -1.81. The standard InChI is InChI=1S/C3H8O4P/c4-2-8(7)1-3(5)6/h3-6H,1-2H2/q+1. The van der Waals surface area contributed by atoms with E-state index in [9.17, 15) is 4.57 Å². The maximum absolute atomic E-state index is 10.2. The van der Waals surface area contributed by atoms with Crippen LogP contribution in [0.5, 0.6) is 0 Å². The Morgan fingerprint density at radius 1 is 1.50 bits per heavy atom. The van der Waals surface area contributed by atoms with Gasteiger partial charge in [0.15, 0.2) is 12.5 Å². The molecule has 0 aliphatic rings. The van der Waals surface area contributed by atoms with Crippen LogP contribution in [0, 0.1) is 0 Å². The first-order valence-electron chi connectivity index (χ1n) is 2.06. The van der Waals surface area contributed by atoms with Gasteiger partial charge in [0.2, 0.25) is 6.35 Å². The van der Waals surface area contributed by atoms with Crippen molar-refractivity contribution in [1.29, 1.82) is 0 Å². The van der Waals surface area contributed by atoms with Crippen molar-refractivity contribution in [2.24, 2.45) is 0 Å². The third-order valence-corrected chi connectivity index (χ3v) is 1.57. The van der Waals surface area contributed by atoms with Crippen LogP contribution in [0.4, 0.5) is 0 Å². The molecule has 0 saturated heterocycles. The number of hydrogen-bond donors (Lipinski definition) is 3. The maximum Gasteiger partial charge on any atom is 0.372 e. The quantitative estimate of drug-likeness (QED) is 0.349. The molecule has 0 aromatic rings. The number of rotatable bonds is 3. The van der Waals surface area contributed by atoms with Crippen LogP contribution in [0.25, 0.3) is 0 Å². The summed E-state index contributed by atoms with van der Waals surface area (Å²) in [4.78, 5) is 0. The van der Waals surface area contributed by atoms with E-state index in [1.54, 1.807) is 0 Å². The Labute approximate surface area is 47.6 Å². The summed E-state index contributed by atoms with van der Waals surface area (Å²) in [5.74, 6) is 0. The van der Waals surface area contributed by atoms with Crippen LogP contribution in [-0.4, -0.2) is 34.1 Å². The first kappa shape index (κ1) is 7.98. The molecule has 0 bridgehead atoms. The van der Waals surface area contributed by atoms with Gasteiger partial charge >= 0.3 is 7.80 Å². The summed E-state index contributed by atoms with van der Waals surface area (Å²) >= 11 is 0. The third kappa shape index (κ3) is 4.15. The van der Waals surface area contributed by atoms with E-state index >= 15 is 0 Å². The minimum atomic E-state index is -1.81. The summed E-state index contributed by atoms with van der Waals surface area (Å²) in [6, 6.07) is 0. The van der Waals surface area contributed by atoms with Gasteiger partial charge in [0.25, 0.3) is 0 Å². The van der Waals surface area contributed by atoms with Crippen LogP contribution in [0.15, 0.2) is 0 Å². The highest BCUT2D eigenvalue weighted by atomic mass is 31.1. The average molecular weight is 139 g/mol. The van der Waals surface area contributed by atoms with E-state index in [-0.39, 0.29) is 6.16 Å². The van der Waals surface area contributed by atoms with Crippen molar-refractivity contribution >= 4 is 7.80 Å². The molecule has 0 radical (unpaired) electrons. The van der Waals surface area contributed by atoms with Crippen molar-refractivity contribution < 1.29 is 19.9 Å². The van der Waals surface area contributed by atoms with Gasteiger partial charge in [0.1, 0.15) is 0 Å². The van der Waals surface area contributed by atoms with Gasteiger partial charge in [-0.3, -0.25) is 0 Å². The summed E-state index contributed by atoms with van der Waals surface area (Å²) < 4.78 is 10.2. The van der Waals surface area contributed by atoms with Gasteiger partial charge in [0, 0.05) is 0 Å². The predicted molar refractivity (Wildman–Crippen MR) is 27.8 cm³/mol. The zero-order chi connectivity index (χ0) is 6.57. The van der Waals surface area contributed by atoms with E-state index in [0.717, 1.165) is 0 Å². The Morgan fingerprint density at radius 2 is 2.00 bits per heavy atom. The molecule has 0 aromatic carbocycles. The summed E-state index contributed by atoms with van der Waals surface area (Å²) in [5, 5.41) is 24.3. The SMILES string of the molecule is O=[P+](CO)CC(O)O. The van der Waals surface area contributed by atoms with Crippen LogP contribution < -0.4 is 0 Å². The van der Waals surface area contributed by atoms with E-state index in [1.807, 2.05) is 0 Å². The fraction of sp³-hybridized carbons (Fsp3) is 1.00. The van der Waals surface area contributed by atoms with Gasteiger partial charge in [-0.05, 0) is 0 Å². The zero-order valence-electron chi connectivity index (χ0n) is 4.19. The van der Waals surface area contributed by atoms with Gasteiger partial charge in [-0.1, -0.05) is 4.57 Å². The second kappa shape index (κ2) is 3.92. The lowest BCUT2D eigenvalue weighted by molar-refractivity contribution is -0.0200. The lowest BCUT2D eigenvalue weighted by Crippen LogP contribution is -2.07. The highest BCUT2D eigenvalue weighted by Crippen LogP contribution is 2.17. The smallest absolute Gasteiger partial charge is 0.365 e. The first-order valence-corrected chi connectivity index (χ1v) is 3.69. The summed E-state index contributed by atoms with van der Waals surface area (Å²) in [5.41, 5.74) is 0. The zero-order valence-corrected chi connectivity index (χ0v) is 5.08. The topological polar surface area (TPSA) is 77.8 Å². The number of aliphatic hydroxyl groups is 3. The molecule has 0 spiro atoms. The van der Waals surface area contributed by atoms with E-state index < -0.39 is 20.4 Å². The molecule has 0 amide bonds. The number of hydrogen-bond acceptors (Lipinski definition) is 4. The molecule has 3 N–H and O–H groups in total. The molecule has 0 heterocycles. The van der Waals surface area contributed by atoms with Crippen LogP contribution in [0.2, 0.25) is 0 Å². The molecule has 5 heteroatoms. The van der Waals surface area contributed by atoms with Gasteiger partial charge in [-0.2, -0.15) is 0 Å². The Kier molecular flexibility index (Phi) is 3.91. The highest BCUT2D eigenvalue weighted by Gasteiger charge is 2.16. The predicted octanol–water partition coefficient (Wildman–Crippen LogP) is -0.926. The molecule has 48 valence electrons. The summed E-state index contributed by atoms with van der Waals surface area (Å²) in [6.45, 7) is 0. The lowest BCUT2D eigenvalue weighted by atomic mass is 10.8. The second-order valence-corrected chi connectivity index (χ2v) is 2.90. The minimum absolute atomic E-state index is 0.244. The molecular weight excluding hydrogens is 131 g/mol. The van der Waals surface area contributed by atoms with Crippen molar-refractivity contribution in [2.45, 2.75) is 6.29 Å². The molecule has 0 aliphatic heterocycles. The van der Waals surface area contributed by atoms with Gasteiger partial charge in [-0.15, -0.1) is 0 Å². The molecule has 4 nitrogen and oxygen atoms in total. The molecule has 0 aliphatic carbocycles. The monoisotopic (exact) mass is 139 g/mol. The van der Waals surface area contributed by atoms with Gasteiger partial charge in [0.05, 0.1) is 0 Å². The van der Waals surface area contributed by atoms with E-state index in [0.29, 0.717) is 0 Å². The molecule has 0 aromatic heterocycles. The largest absolute Gasteiger partial charge is 0.372 e. The van der Waals surface area contributed by atoms with Crippen LogP contribution in [-0.2, 0) is 4.57 Å². The first-order chi connectivity index (χ1) is 3.66. The van der Waals surface area contributed by atoms with Crippen LogP contribution >= 0.6 is 7.80 Å². The second-order valence-electron chi connectivity index (χ2n) is 1.29. The minimum Gasteiger partial charge on any atom is -0.365 e. The molecule has 0 rings (SSSR count). The van der Waals surface area contributed by atoms with Crippen molar-refractivity contribution in [3.05, 3.63) is 0 Å². The van der Waals surface area contributed by atoms with Gasteiger partial charge < -0.3 is 15.3 Å². The Hall–Kier alpha value is -0.0200.